The lowest BCUT2D eigenvalue weighted by molar-refractivity contribution is 0.0374. The van der Waals surface area contributed by atoms with E-state index in [9.17, 15) is 4.79 Å². The highest BCUT2D eigenvalue weighted by atomic mass is 16.5. The standard InChI is InChI=1S/C29H33N5O3/c1-21-19-31-29-32-26-17-22(6-3-12-37-20-23-5-2-7-24(16-23)27(21)33-29)15-25(18-26)28(35)30-8-4-9-34-10-13-36-14-11-34/h2-3,5,7,12,15-19H,4,6,8-11,13-14,20H2,1H3,(H,30,35)(H,31,32,33)/b12-3-. The quantitative estimate of drug-likeness (QED) is 0.508. The molecule has 3 heterocycles. The van der Waals surface area contributed by atoms with Crippen LogP contribution in [-0.2, 0) is 22.5 Å². The summed E-state index contributed by atoms with van der Waals surface area (Å²) in [5.74, 6) is 0.397. The van der Waals surface area contributed by atoms with Gasteiger partial charge in [-0.05, 0) is 73.3 Å². The Morgan fingerprint density at radius 1 is 1.14 bits per heavy atom. The van der Waals surface area contributed by atoms with Crippen LogP contribution in [0.25, 0.3) is 11.3 Å². The fourth-order valence-electron chi connectivity index (χ4n) is 4.57. The Morgan fingerprint density at radius 3 is 2.92 bits per heavy atom. The first-order chi connectivity index (χ1) is 18.1. The van der Waals surface area contributed by atoms with Crippen molar-refractivity contribution in [1.82, 2.24) is 20.2 Å². The maximum atomic E-state index is 13.0. The Morgan fingerprint density at radius 2 is 2.03 bits per heavy atom. The molecule has 2 aliphatic rings. The van der Waals surface area contributed by atoms with Gasteiger partial charge in [-0.1, -0.05) is 18.2 Å². The van der Waals surface area contributed by atoms with E-state index in [4.69, 9.17) is 14.5 Å². The zero-order valence-corrected chi connectivity index (χ0v) is 21.2. The van der Waals surface area contributed by atoms with Crippen molar-refractivity contribution in [1.29, 1.82) is 0 Å². The van der Waals surface area contributed by atoms with Crippen molar-refractivity contribution in [3.8, 4) is 11.3 Å². The molecule has 2 aromatic carbocycles. The number of carbonyl (C=O) groups is 1. The highest BCUT2D eigenvalue weighted by molar-refractivity contribution is 5.95. The summed E-state index contributed by atoms with van der Waals surface area (Å²) in [6.07, 6.45) is 7.04. The Bertz CT molecular complexity index is 1270. The molecular formula is C29H33N5O3. The highest BCUT2D eigenvalue weighted by Gasteiger charge is 2.13. The van der Waals surface area contributed by atoms with Crippen LogP contribution in [0.2, 0.25) is 0 Å². The van der Waals surface area contributed by atoms with Crippen LogP contribution in [0.5, 0.6) is 0 Å². The minimum atomic E-state index is -0.0911. The number of ether oxygens (including phenoxy) is 2. The minimum Gasteiger partial charge on any atom is -0.497 e. The van der Waals surface area contributed by atoms with E-state index in [2.05, 4.69) is 26.6 Å². The van der Waals surface area contributed by atoms with E-state index in [1.54, 1.807) is 6.26 Å². The van der Waals surface area contributed by atoms with Crippen LogP contribution in [-0.4, -0.2) is 60.2 Å². The van der Waals surface area contributed by atoms with Crippen LogP contribution >= 0.6 is 0 Å². The average Bonchev–Trinajstić information content (AvgIpc) is 2.92. The molecular weight excluding hydrogens is 466 g/mol. The largest absolute Gasteiger partial charge is 0.497 e. The van der Waals surface area contributed by atoms with Crippen LogP contribution in [0.4, 0.5) is 11.6 Å². The lowest BCUT2D eigenvalue weighted by atomic mass is 10.1. The van der Waals surface area contributed by atoms with Gasteiger partial charge < -0.3 is 20.1 Å². The fraction of sp³-hybridized carbons (Fsp3) is 0.345. The maximum Gasteiger partial charge on any atom is 0.251 e. The third-order valence-electron chi connectivity index (χ3n) is 6.52. The van der Waals surface area contributed by atoms with E-state index in [1.165, 1.54) is 0 Å². The van der Waals surface area contributed by atoms with E-state index in [-0.39, 0.29) is 5.91 Å². The molecule has 1 fully saturated rings. The zero-order valence-electron chi connectivity index (χ0n) is 21.2. The second-order valence-corrected chi connectivity index (χ2v) is 9.42. The number of benzene rings is 2. The monoisotopic (exact) mass is 499 g/mol. The van der Waals surface area contributed by atoms with E-state index < -0.39 is 0 Å². The molecule has 0 radical (unpaired) electrons. The number of hydrogen-bond donors (Lipinski definition) is 2. The van der Waals surface area contributed by atoms with Gasteiger partial charge in [-0.2, -0.15) is 0 Å². The van der Waals surface area contributed by atoms with E-state index in [0.29, 0.717) is 31.1 Å². The van der Waals surface area contributed by atoms with Crippen molar-refractivity contribution in [3.63, 3.8) is 0 Å². The molecule has 1 saturated heterocycles. The van der Waals surface area contributed by atoms with Crippen LogP contribution in [0.3, 0.4) is 0 Å². The molecule has 8 heteroatoms. The number of allylic oxidation sites excluding steroid dienone is 1. The zero-order chi connectivity index (χ0) is 25.5. The Kier molecular flexibility index (Phi) is 8.08. The smallest absolute Gasteiger partial charge is 0.251 e. The minimum absolute atomic E-state index is 0.0911. The second kappa shape index (κ2) is 12.0. The Hall–Kier alpha value is -3.75. The van der Waals surface area contributed by atoms with Crippen molar-refractivity contribution in [3.05, 3.63) is 83.3 Å². The summed E-state index contributed by atoms with van der Waals surface area (Å²) in [7, 11) is 0. The third-order valence-corrected chi connectivity index (χ3v) is 6.52. The summed E-state index contributed by atoms with van der Waals surface area (Å²) in [4.78, 5) is 24.7. The molecule has 6 bridgehead atoms. The van der Waals surface area contributed by atoms with Gasteiger partial charge in [0.1, 0.15) is 6.61 Å². The van der Waals surface area contributed by atoms with E-state index in [1.807, 2.05) is 55.6 Å². The summed E-state index contributed by atoms with van der Waals surface area (Å²) in [6, 6.07) is 14.0. The number of rotatable bonds is 5. The number of nitrogens with one attached hydrogen (secondary N) is 2. The van der Waals surface area contributed by atoms with E-state index >= 15 is 0 Å². The van der Waals surface area contributed by atoms with Gasteiger partial charge in [-0.25, -0.2) is 9.97 Å². The molecule has 0 spiro atoms. The number of amides is 1. The number of aryl methyl sites for hydroxylation is 1. The van der Waals surface area contributed by atoms with Crippen LogP contribution < -0.4 is 10.6 Å². The van der Waals surface area contributed by atoms with Gasteiger partial charge in [0.2, 0.25) is 5.95 Å². The van der Waals surface area contributed by atoms with Gasteiger partial charge in [-0.15, -0.1) is 0 Å². The third kappa shape index (κ3) is 6.72. The second-order valence-electron chi connectivity index (χ2n) is 9.42. The fourth-order valence-corrected chi connectivity index (χ4v) is 4.57. The molecule has 5 rings (SSSR count). The molecule has 2 aliphatic heterocycles. The van der Waals surface area contributed by atoms with Crippen molar-refractivity contribution >= 4 is 17.5 Å². The molecule has 192 valence electrons. The summed E-state index contributed by atoms with van der Waals surface area (Å²) in [5.41, 5.74) is 6.28. The normalized spacial score (nSPS) is 16.5. The summed E-state index contributed by atoms with van der Waals surface area (Å²) < 4.78 is 11.2. The molecule has 2 N–H and O–H groups in total. The number of nitrogens with zero attached hydrogens (tertiary/aromatic N) is 3. The van der Waals surface area contributed by atoms with Gasteiger partial charge in [0.15, 0.2) is 0 Å². The molecule has 3 aromatic rings. The van der Waals surface area contributed by atoms with E-state index in [0.717, 1.165) is 72.9 Å². The van der Waals surface area contributed by atoms with Crippen molar-refractivity contribution < 1.29 is 14.3 Å². The molecule has 0 atom stereocenters. The molecule has 1 aromatic heterocycles. The first-order valence-corrected chi connectivity index (χ1v) is 12.8. The number of fused-ring (bicyclic) bond motifs is 7. The maximum absolute atomic E-state index is 13.0. The predicted molar refractivity (Wildman–Crippen MR) is 144 cm³/mol. The number of anilines is 2. The summed E-state index contributed by atoms with van der Waals surface area (Å²) >= 11 is 0. The van der Waals surface area contributed by atoms with Gasteiger partial charge in [0.05, 0.1) is 25.2 Å². The van der Waals surface area contributed by atoms with Crippen molar-refractivity contribution in [2.24, 2.45) is 0 Å². The summed E-state index contributed by atoms with van der Waals surface area (Å²) in [6.45, 7) is 7.53. The molecule has 0 aliphatic carbocycles. The number of aromatic nitrogens is 2. The van der Waals surface area contributed by atoms with Gasteiger partial charge in [-0.3, -0.25) is 9.69 Å². The van der Waals surface area contributed by atoms with Gasteiger partial charge >= 0.3 is 0 Å². The van der Waals surface area contributed by atoms with Crippen LogP contribution in [0.15, 0.2) is 61.0 Å². The SMILES string of the molecule is Cc1cnc2nc1-c1cccc(c1)CO/C=C\Cc1cc(cc(C(=O)NCCCN3CCOCC3)c1)N2. The van der Waals surface area contributed by atoms with Gasteiger partial charge in [0, 0.05) is 42.6 Å². The van der Waals surface area contributed by atoms with Crippen molar-refractivity contribution in [2.45, 2.75) is 26.4 Å². The molecule has 8 nitrogen and oxygen atoms in total. The highest BCUT2D eigenvalue weighted by Crippen LogP contribution is 2.25. The van der Waals surface area contributed by atoms with Crippen LogP contribution in [0.1, 0.15) is 33.5 Å². The lowest BCUT2D eigenvalue weighted by Crippen LogP contribution is -2.38. The number of hydrogen-bond acceptors (Lipinski definition) is 7. The Balaban J connectivity index is 1.35. The van der Waals surface area contributed by atoms with Gasteiger partial charge in [0.25, 0.3) is 5.91 Å². The first kappa shape index (κ1) is 24.9. The van der Waals surface area contributed by atoms with Crippen molar-refractivity contribution in [2.75, 3.05) is 44.7 Å². The molecule has 0 saturated carbocycles. The molecule has 1 amide bonds. The first-order valence-electron chi connectivity index (χ1n) is 12.8. The molecule has 0 unspecified atom stereocenters. The van der Waals surface area contributed by atoms with Crippen LogP contribution in [0, 0.1) is 6.92 Å². The lowest BCUT2D eigenvalue weighted by Gasteiger charge is -2.26. The Labute approximate surface area is 217 Å². The number of carbonyl (C=O) groups excluding carboxylic acids is 1. The molecule has 37 heavy (non-hydrogen) atoms. The predicted octanol–water partition coefficient (Wildman–Crippen LogP) is 4.23. The average molecular weight is 500 g/mol. The number of morpholine rings is 1. The topological polar surface area (TPSA) is 88.6 Å². The summed E-state index contributed by atoms with van der Waals surface area (Å²) in [5, 5.41) is 6.39.